The van der Waals surface area contributed by atoms with Gasteiger partial charge in [-0.15, -0.1) is 0 Å². The summed E-state index contributed by atoms with van der Waals surface area (Å²) in [5, 5.41) is 0. The summed E-state index contributed by atoms with van der Waals surface area (Å²) in [5.41, 5.74) is 4.37. The fourth-order valence-electron chi connectivity index (χ4n) is 3.78. The van der Waals surface area contributed by atoms with E-state index in [-0.39, 0.29) is 17.6 Å². The van der Waals surface area contributed by atoms with Crippen LogP contribution in [0.25, 0.3) is 17.7 Å². The molecular weight excluding hydrogens is 462 g/mol. The molecule has 1 heterocycles. The molecule has 1 aliphatic heterocycles. The van der Waals surface area contributed by atoms with Gasteiger partial charge in [0, 0.05) is 42.7 Å². The molecule has 1 N–H and O–H groups in total. The Morgan fingerprint density at radius 2 is 1.74 bits per heavy atom. The lowest BCUT2D eigenvalue weighted by Crippen LogP contribution is -2.27. The summed E-state index contributed by atoms with van der Waals surface area (Å²) in [6, 6.07) is 11.0. The van der Waals surface area contributed by atoms with E-state index in [1.165, 1.54) is 0 Å². The van der Waals surface area contributed by atoms with Gasteiger partial charge in [-0.3, -0.25) is 9.52 Å². The minimum Gasteiger partial charge on any atom is -0.496 e. The number of hydrogen-bond acceptors (Lipinski definition) is 6. The number of Topliss-reactive ketones (excluding diaryl/α,β-unsaturated/α-hetero) is 1. The van der Waals surface area contributed by atoms with Crippen molar-refractivity contribution in [2.45, 2.75) is 32.6 Å². The number of benzene rings is 2. The van der Waals surface area contributed by atoms with Crippen molar-refractivity contribution in [1.82, 2.24) is 4.90 Å². The van der Waals surface area contributed by atoms with Crippen molar-refractivity contribution in [3.8, 4) is 5.75 Å². The van der Waals surface area contributed by atoms with E-state index in [0.717, 1.165) is 40.1 Å². The standard InChI is InChI=1S/C27H33N3O4S/c1-27(2,3)23-15-20(22-17-28-25(30(4)5)16-24(22)31)14-19(26(23)34-6)11-8-18-9-12-21(13-10-18)29-35(7,32)33/h8-15,17,29H,16H2,1-7H3/b11-8+. The molecule has 0 unspecified atom stereocenters. The summed E-state index contributed by atoms with van der Waals surface area (Å²) in [6.45, 7) is 6.32. The molecule has 7 nitrogen and oxygen atoms in total. The van der Waals surface area contributed by atoms with Crippen molar-refractivity contribution in [2.24, 2.45) is 4.99 Å². The van der Waals surface area contributed by atoms with Gasteiger partial charge in [0.15, 0.2) is 5.78 Å². The van der Waals surface area contributed by atoms with Crippen LogP contribution in [0, 0.1) is 0 Å². The van der Waals surface area contributed by atoms with Gasteiger partial charge in [0.1, 0.15) is 11.6 Å². The molecule has 0 spiro atoms. The predicted molar refractivity (Wildman–Crippen MR) is 144 cm³/mol. The molecule has 1 aliphatic rings. The summed E-state index contributed by atoms with van der Waals surface area (Å²) in [5.74, 6) is 1.50. The molecule has 0 fully saturated rings. The average Bonchev–Trinajstić information content (AvgIpc) is 2.76. The predicted octanol–water partition coefficient (Wildman–Crippen LogP) is 4.81. The molecule has 186 valence electrons. The largest absolute Gasteiger partial charge is 0.496 e. The Morgan fingerprint density at radius 1 is 1.09 bits per heavy atom. The van der Waals surface area contributed by atoms with Crippen LogP contribution in [0.5, 0.6) is 5.75 Å². The molecule has 0 aromatic heterocycles. The van der Waals surface area contributed by atoms with Gasteiger partial charge in [0.05, 0.1) is 19.8 Å². The fourth-order valence-corrected chi connectivity index (χ4v) is 4.35. The maximum Gasteiger partial charge on any atom is 0.229 e. The Hall–Kier alpha value is -3.39. The number of nitrogens with one attached hydrogen (secondary N) is 1. The molecule has 0 atom stereocenters. The molecule has 0 aliphatic carbocycles. The summed E-state index contributed by atoms with van der Waals surface area (Å²) in [6.07, 6.45) is 6.90. The molecular formula is C27H33N3O4S. The number of nitrogens with zero attached hydrogens (tertiary/aromatic N) is 2. The number of hydrogen-bond donors (Lipinski definition) is 1. The van der Waals surface area contributed by atoms with E-state index >= 15 is 0 Å². The van der Waals surface area contributed by atoms with Crippen molar-refractivity contribution in [3.63, 3.8) is 0 Å². The van der Waals surface area contributed by atoms with Gasteiger partial charge >= 0.3 is 0 Å². The SMILES string of the molecule is COc1c(/C=C/c2ccc(NS(C)(=O)=O)cc2)cc(C2=CN=C(N(C)C)CC2=O)cc1C(C)(C)C. The lowest BCUT2D eigenvalue weighted by Gasteiger charge is -2.25. The zero-order valence-corrected chi connectivity index (χ0v) is 22.2. The van der Waals surface area contributed by atoms with Crippen LogP contribution in [-0.2, 0) is 20.2 Å². The van der Waals surface area contributed by atoms with Crippen LogP contribution in [0.2, 0.25) is 0 Å². The maximum atomic E-state index is 13.0. The molecule has 0 amide bonds. The van der Waals surface area contributed by atoms with E-state index in [1.807, 2.05) is 55.4 Å². The summed E-state index contributed by atoms with van der Waals surface area (Å²) < 4.78 is 31.2. The second kappa shape index (κ2) is 10.1. The van der Waals surface area contributed by atoms with Gasteiger partial charge in [-0.1, -0.05) is 45.1 Å². The number of carbonyl (C=O) groups excluding carboxylic acids is 1. The van der Waals surface area contributed by atoms with Crippen LogP contribution >= 0.6 is 0 Å². The third-order valence-corrected chi connectivity index (χ3v) is 6.19. The molecule has 35 heavy (non-hydrogen) atoms. The number of ether oxygens (including phenoxy) is 1. The average molecular weight is 496 g/mol. The number of aliphatic imine (C=N–C) groups is 1. The first kappa shape index (κ1) is 26.2. The number of methoxy groups -OCH3 is 1. The Balaban J connectivity index is 2.06. The molecule has 0 bridgehead atoms. The molecule has 2 aromatic rings. The van der Waals surface area contributed by atoms with E-state index < -0.39 is 10.0 Å². The number of sulfonamides is 1. The van der Waals surface area contributed by atoms with Crippen molar-refractivity contribution < 1.29 is 17.9 Å². The highest BCUT2D eigenvalue weighted by Gasteiger charge is 2.26. The zero-order chi connectivity index (χ0) is 26.0. The maximum absolute atomic E-state index is 13.0. The molecule has 0 radical (unpaired) electrons. The third-order valence-electron chi connectivity index (χ3n) is 5.59. The number of amidine groups is 1. The molecule has 0 saturated carbocycles. The molecule has 8 heteroatoms. The van der Waals surface area contributed by atoms with E-state index in [4.69, 9.17) is 4.74 Å². The fraction of sp³-hybridized carbons (Fsp3) is 0.333. The quantitative estimate of drug-likeness (QED) is 0.581. The first-order chi connectivity index (χ1) is 16.3. The molecule has 0 saturated heterocycles. The number of ketones is 1. The second-order valence-corrected chi connectivity index (χ2v) is 11.6. The van der Waals surface area contributed by atoms with Gasteiger partial charge < -0.3 is 9.64 Å². The van der Waals surface area contributed by atoms with Gasteiger partial charge in [-0.05, 0) is 40.8 Å². The number of allylic oxidation sites excluding steroid dienone is 1. The Morgan fingerprint density at radius 3 is 2.26 bits per heavy atom. The smallest absolute Gasteiger partial charge is 0.229 e. The van der Waals surface area contributed by atoms with Gasteiger partial charge in [-0.25, -0.2) is 13.4 Å². The highest BCUT2D eigenvalue weighted by atomic mass is 32.2. The number of rotatable bonds is 6. The zero-order valence-electron chi connectivity index (χ0n) is 21.3. The monoisotopic (exact) mass is 495 g/mol. The minimum atomic E-state index is -3.33. The Labute approximate surface area is 208 Å². The van der Waals surface area contributed by atoms with Crippen LogP contribution in [0.3, 0.4) is 0 Å². The van der Waals surface area contributed by atoms with E-state index in [9.17, 15) is 13.2 Å². The van der Waals surface area contributed by atoms with Crippen LogP contribution in [0.4, 0.5) is 5.69 Å². The van der Waals surface area contributed by atoms with E-state index in [1.54, 1.807) is 25.4 Å². The number of anilines is 1. The van der Waals surface area contributed by atoms with E-state index in [2.05, 4.69) is 30.5 Å². The summed E-state index contributed by atoms with van der Waals surface area (Å²) in [7, 11) is 2.07. The summed E-state index contributed by atoms with van der Waals surface area (Å²) >= 11 is 0. The molecule has 3 rings (SSSR count). The van der Waals surface area contributed by atoms with Gasteiger partial charge in [0.2, 0.25) is 10.0 Å². The second-order valence-electron chi connectivity index (χ2n) is 9.81. The van der Waals surface area contributed by atoms with Crippen molar-refractivity contribution in [1.29, 1.82) is 0 Å². The van der Waals surface area contributed by atoms with Crippen LogP contribution in [0.15, 0.2) is 47.6 Å². The molecule has 2 aromatic carbocycles. The Bertz CT molecular complexity index is 1310. The topological polar surface area (TPSA) is 88.1 Å². The van der Waals surface area contributed by atoms with Crippen molar-refractivity contribution in [3.05, 3.63) is 64.9 Å². The lowest BCUT2D eigenvalue weighted by atomic mass is 9.82. The van der Waals surface area contributed by atoms with Crippen LogP contribution < -0.4 is 9.46 Å². The lowest BCUT2D eigenvalue weighted by molar-refractivity contribution is -0.112. The normalized spacial score (nSPS) is 14.5. The first-order valence-corrected chi connectivity index (χ1v) is 13.1. The van der Waals surface area contributed by atoms with Crippen molar-refractivity contribution >= 4 is 45.1 Å². The van der Waals surface area contributed by atoms with E-state index in [0.29, 0.717) is 11.3 Å². The number of carbonyl (C=O) groups is 1. The van der Waals surface area contributed by atoms with Crippen molar-refractivity contribution in [2.75, 3.05) is 32.2 Å². The summed E-state index contributed by atoms with van der Waals surface area (Å²) in [4.78, 5) is 19.3. The first-order valence-electron chi connectivity index (χ1n) is 11.2. The van der Waals surface area contributed by atoms with Crippen LogP contribution in [-0.4, -0.2) is 52.4 Å². The minimum absolute atomic E-state index is 0.0256. The highest BCUT2D eigenvalue weighted by molar-refractivity contribution is 7.92. The van der Waals surface area contributed by atoms with Gasteiger partial charge in [-0.2, -0.15) is 0 Å². The third kappa shape index (κ3) is 6.60. The van der Waals surface area contributed by atoms with Gasteiger partial charge in [0.25, 0.3) is 0 Å². The highest BCUT2D eigenvalue weighted by Crippen LogP contribution is 2.38. The van der Waals surface area contributed by atoms with Crippen LogP contribution in [0.1, 0.15) is 49.4 Å². The Kier molecular flexibility index (Phi) is 7.55.